The van der Waals surface area contributed by atoms with E-state index in [2.05, 4.69) is 10.3 Å². The Kier molecular flexibility index (Phi) is 6.08. The second kappa shape index (κ2) is 8.32. The molecule has 2 aromatic rings. The van der Waals surface area contributed by atoms with Gasteiger partial charge in [0.1, 0.15) is 5.69 Å². The number of piperidine rings is 1. The van der Waals surface area contributed by atoms with Crippen molar-refractivity contribution in [2.24, 2.45) is 0 Å². The van der Waals surface area contributed by atoms with Crippen LogP contribution in [-0.2, 0) is 16.4 Å². The molecule has 146 valence electrons. The maximum atomic E-state index is 12.8. The number of benzene rings is 1. The molecule has 2 heterocycles. The highest BCUT2D eigenvalue weighted by atomic mass is 32.2. The number of aryl methyl sites for hydroxylation is 1. The quantitative estimate of drug-likeness (QED) is 0.555. The lowest BCUT2D eigenvalue weighted by molar-refractivity contribution is -0.384. The Morgan fingerprint density at radius 1 is 1.30 bits per heavy atom. The largest absolute Gasteiger partial charge is 0.379 e. The van der Waals surface area contributed by atoms with Crippen LogP contribution in [0, 0.1) is 17.0 Å². The molecular weight excluding hydrogens is 388 g/mol. The Labute approximate surface area is 162 Å². The Morgan fingerprint density at radius 2 is 2.04 bits per heavy atom. The Morgan fingerprint density at radius 3 is 2.67 bits per heavy atom. The molecule has 0 radical (unpaired) electrons. The van der Waals surface area contributed by atoms with Crippen LogP contribution in [0.5, 0.6) is 0 Å². The molecule has 1 saturated heterocycles. The molecule has 10 heteroatoms. The van der Waals surface area contributed by atoms with Crippen LogP contribution < -0.4 is 5.32 Å². The molecule has 1 aromatic carbocycles. The van der Waals surface area contributed by atoms with Crippen LogP contribution in [0.25, 0.3) is 0 Å². The maximum absolute atomic E-state index is 12.8. The molecule has 1 aromatic heterocycles. The fourth-order valence-corrected chi connectivity index (χ4v) is 5.26. The molecule has 0 saturated carbocycles. The number of sulfonamides is 1. The number of nitro groups is 1. The van der Waals surface area contributed by atoms with Gasteiger partial charge < -0.3 is 5.32 Å². The highest BCUT2D eigenvalue weighted by molar-refractivity contribution is 7.89. The summed E-state index contributed by atoms with van der Waals surface area (Å²) in [6.07, 6.45) is 3.27. The summed E-state index contributed by atoms with van der Waals surface area (Å²) in [6.45, 7) is 3.32. The number of hydrogen-bond donors (Lipinski definition) is 1. The summed E-state index contributed by atoms with van der Waals surface area (Å²) in [4.78, 5) is 15.2. The number of nitrogens with one attached hydrogen (secondary N) is 1. The maximum Gasteiger partial charge on any atom is 0.293 e. The smallest absolute Gasteiger partial charge is 0.293 e. The van der Waals surface area contributed by atoms with Crippen molar-refractivity contribution >= 4 is 32.7 Å². The number of nitro benzene ring substituents is 1. The van der Waals surface area contributed by atoms with Crippen LogP contribution >= 0.6 is 11.3 Å². The standard InChI is InChI=1S/C17H22N4O4S2/c1-13-19-14(12-26-13)7-8-18-16-6-5-15(11-17(16)21(22)23)27(24,25)20-9-3-2-4-10-20/h5-6,11-12,18H,2-4,7-10H2,1H3. The number of rotatable bonds is 7. The van der Waals surface area contributed by atoms with E-state index < -0.39 is 14.9 Å². The van der Waals surface area contributed by atoms with Gasteiger partial charge >= 0.3 is 0 Å². The summed E-state index contributed by atoms with van der Waals surface area (Å²) in [5, 5.41) is 17.4. The summed E-state index contributed by atoms with van der Waals surface area (Å²) in [7, 11) is -3.70. The van der Waals surface area contributed by atoms with Gasteiger partial charge in [0.2, 0.25) is 10.0 Å². The van der Waals surface area contributed by atoms with Gasteiger partial charge in [-0.15, -0.1) is 11.3 Å². The molecule has 0 amide bonds. The molecule has 1 aliphatic rings. The first-order chi connectivity index (χ1) is 12.9. The van der Waals surface area contributed by atoms with Gasteiger partial charge in [-0.05, 0) is 31.9 Å². The van der Waals surface area contributed by atoms with Crippen LogP contribution in [0.4, 0.5) is 11.4 Å². The number of nitrogens with zero attached hydrogens (tertiary/aromatic N) is 3. The van der Waals surface area contributed by atoms with Crippen LogP contribution in [-0.4, -0.2) is 42.3 Å². The molecule has 0 spiro atoms. The normalized spacial score (nSPS) is 15.6. The number of thiazole rings is 1. The Balaban J connectivity index is 1.76. The number of anilines is 1. The first kappa shape index (κ1) is 19.7. The molecule has 0 aliphatic carbocycles. The van der Waals surface area contributed by atoms with Gasteiger partial charge in [-0.1, -0.05) is 6.42 Å². The van der Waals surface area contributed by atoms with E-state index in [1.54, 1.807) is 11.3 Å². The van der Waals surface area contributed by atoms with E-state index in [1.807, 2.05) is 12.3 Å². The lowest BCUT2D eigenvalue weighted by Gasteiger charge is -2.25. The third-order valence-corrected chi connectivity index (χ3v) is 7.20. The second-order valence-electron chi connectivity index (χ2n) is 6.44. The van der Waals surface area contributed by atoms with Gasteiger partial charge in [-0.3, -0.25) is 10.1 Å². The summed E-state index contributed by atoms with van der Waals surface area (Å²) >= 11 is 1.56. The topological polar surface area (TPSA) is 105 Å². The fourth-order valence-electron chi connectivity index (χ4n) is 3.08. The lowest BCUT2D eigenvalue weighted by Crippen LogP contribution is -2.35. The summed E-state index contributed by atoms with van der Waals surface area (Å²) in [6, 6.07) is 4.06. The van der Waals surface area contributed by atoms with Gasteiger partial charge in [0.15, 0.2) is 0 Å². The van der Waals surface area contributed by atoms with E-state index in [-0.39, 0.29) is 10.6 Å². The van der Waals surface area contributed by atoms with Crippen molar-refractivity contribution in [3.8, 4) is 0 Å². The first-order valence-corrected chi connectivity index (χ1v) is 11.1. The van der Waals surface area contributed by atoms with Crippen LogP contribution in [0.3, 0.4) is 0 Å². The van der Waals surface area contributed by atoms with Crippen molar-refractivity contribution in [1.29, 1.82) is 0 Å². The van der Waals surface area contributed by atoms with Crippen LogP contribution in [0.15, 0.2) is 28.5 Å². The van der Waals surface area contributed by atoms with Crippen LogP contribution in [0.2, 0.25) is 0 Å². The Hall–Kier alpha value is -2.04. The molecule has 1 N–H and O–H groups in total. The fraction of sp³-hybridized carbons (Fsp3) is 0.471. The molecule has 8 nitrogen and oxygen atoms in total. The zero-order chi connectivity index (χ0) is 19.4. The highest BCUT2D eigenvalue weighted by Crippen LogP contribution is 2.30. The van der Waals surface area contributed by atoms with E-state index in [1.165, 1.54) is 16.4 Å². The van der Waals surface area contributed by atoms with Gasteiger partial charge in [0, 0.05) is 37.5 Å². The first-order valence-electron chi connectivity index (χ1n) is 8.81. The van der Waals surface area contributed by atoms with Crippen molar-refractivity contribution in [1.82, 2.24) is 9.29 Å². The van der Waals surface area contributed by atoms with Crippen molar-refractivity contribution in [2.45, 2.75) is 37.5 Å². The van der Waals surface area contributed by atoms with E-state index in [0.29, 0.717) is 31.7 Å². The minimum Gasteiger partial charge on any atom is -0.379 e. The summed E-state index contributed by atoms with van der Waals surface area (Å²) < 4.78 is 26.9. The van der Waals surface area contributed by atoms with Crippen molar-refractivity contribution < 1.29 is 13.3 Å². The predicted octanol–water partition coefficient (Wildman–Crippen LogP) is 3.19. The molecule has 0 bridgehead atoms. The SMILES string of the molecule is Cc1nc(CCNc2ccc(S(=O)(=O)N3CCCCC3)cc2[N+](=O)[O-])cs1. The monoisotopic (exact) mass is 410 g/mol. The van der Waals surface area contributed by atoms with Crippen LogP contribution in [0.1, 0.15) is 30.0 Å². The lowest BCUT2D eigenvalue weighted by atomic mass is 10.2. The summed E-state index contributed by atoms with van der Waals surface area (Å²) in [5.41, 5.74) is 1.00. The molecule has 1 aliphatic heterocycles. The van der Waals surface area contributed by atoms with Gasteiger partial charge in [0.25, 0.3) is 5.69 Å². The van der Waals surface area contributed by atoms with Crippen molar-refractivity contribution in [2.75, 3.05) is 25.0 Å². The van der Waals surface area contributed by atoms with Gasteiger partial charge in [-0.25, -0.2) is 13.4 Å². The molecule has 27 heavy (non-hydrogen) atoms. The molecule has 0 unspecified atom stereocenters. The van der Waals surface area contributed by atoms with Gasteiger partial charge in [-0.2, -0.15) is 4.31 Å². The third kappa shape index (κ3) is 4.63. The molecule has 1 fully saturated rings. The van der Waals surface area contributed by atoms with Crippen molar-refractivity contribution in [3.05, 3.63) is 44.4 Å². The Bertz CT molecular complexity index is 921. The van der Waals surface area contributed by atoms with Crippen molar-refractivity contribution in [3.63, 3.8) is 0 Å². The predicted molar refractivity (Wildman–Crippen MR) is 105 cm³/mol. The summed E-state index contributed by atoms with van der Waals surface area (Å²) in [5.74, 6) is 0. The van der Waals surface area contributed by atoms with E-state index in [4.69, 9.17) is 0 Å². The average molecular weight is 411 g/mol. The number of hydrogen-bond acceptors (Lipinski definition) is 7. The zero-order valence-electron chi connectivity index (χ0n) is 15.1. The van der Waals surface area contributed by atoms with Gasteiger partial charge in [0.05, 0.1) is 20.5 Å². The van der Waals surface area contributed by atoms with E-state index in [0.717, 1.165) is 36.0 Å². The minimum absolute atomic E-state index is 0.0308. The minimum atomic E-state index is -3.70. The molecular formula is C17H22N4O4S2. The highest BCUT2D eigenvalue weighted by Gasteiger charge is 2.28. The number of aromatic nitrogens is 1. The second-order valence-corrected chi connectivity index (χ2v) is 9.44. The zero-order valence-corrected chi connectivity index (χ0v) is 16.7. The average Bonchev–Trinajstić information content (AvgIpc) is 3.07. The van der Waals surface area contributed by atoms with E-state index >= 15 is 0 Å². The van der Waals surface area contributed by atoms with E-state index in [9.17, 15) is 18.5 Å². The molecule has 3 rings (SSSR count). The third-order valence-electron chi connectivity index (χ3n) is 4.48. The molecule has 0 atom stereocenters.